The lowest BCUT2D eigenvalue weighted by atomic mass is 10.0. The first-order valence-electron chi connectivity index (χ1n) is 7.65. The number of benzene rings is 2. The monoisotopic (exact) mass is 329 g/mol. The average Bonchev–Trinajstić information content (AvgIpc) is 2.55. The predicted molar refractivity (Wildman–Crippen MR) is 88.9 cm³/mol. The largest absolute Gasteiger partial charge is 0.467 e. The molecule has 2 aromatic carbocycles. The second-order valence-corrected chi connectivity index (χ2v) is 5.58. The summed E-state index contributed by atoms with van der Waals surface area (Å²) in [6, 6.07) is 12.7. The van der Waals surface area contributed by atoms with Gasteiger partial charge in [-0.3, -0.25) is 4.79 Å². The van der Waals surface area contributed by atoms with Crippen LogP contribution in [-0.4, -0.2) is 25.0 Å². The molecule has 0 saturated heterocycles. The van der Waals surface area contributed by atoms with Crippen LogP contribution in [0.3, 0.4) is 0 Å². The zero-order chi connectivity index (χ0) is 17.5. The summed E-state index contributed by atoms with van der Waals surface area (Å²) in [4.78, 5) is 24.2. The lowest BCUT2D eigenvalue weighted by Gasteiger charge is -2.17. The Bertz CT molecular complexity index is 730. The normalized spacial score (nSPS) is 11.6. The SMILES string of the molecule is COC(=O)[C@@H](Cc1ccccc1C)NC(=O)Cc1cccc(F)c1. The van der Waals surface area contributed by atoms with Gasteiger partial charge in [0.2, 0.25) is 5.91 Å². The highest BCUT2D eigenvalue weighted by Gasteiger charge is 2.22. The number of halogens is 1. The number of rotatable bonds is 6. The molecule has 0 aromatic heterocycles. The van der Waals surface area contributed by atoms with Crippen molar-refractivity contribution in [3.8, 4) is 0 Å². The quantitative estimate of drug-likeness (QED) is 0.829. The van der Waals surface area contributed by atoms with Crippen molar-refractivity contribution in [1.29, 1.82) is 0 Å². The number of hydrogen-bond acceptors (Lipinski definition) is 3. The standard InChI is InChI=1S/C19H20FNO3/c1-13-6-3-4-8-15(13)12-17(19(23)24-2)21-18(22)11-14-7-5-9-16(20)10-14/h3-10,17H,11-12H2,1-2H3,(H,21,22)/t17-/m1/s1. The number of amides is 1. The minimum Gasteiger partial charge on any atom is -0.467 e. The number of aryl methyl sites for hydroxylation is 1. The van der Waals surface area contributed by atoms with Crippen molar-refractivity contribution in [2.75, 3.05) is 7.11 Å². The van der Waals surface area contributed by atoms with E-state index < -0.39 is 17.8 Å². The van der Waals surface area contributed by atoms with Crippen LogP contribution in [-0.2, 0) is 27.2 Å². The van der Waals surface area contributed by atoms with E-state index in [1.54, 1.807) is 12.1 Å². The third-order valence-electron chi connectivity index (χ3n) is 3.76. The molecule has 126 valence electrons. The van der Waals surface area contributed by atoms with E-state index in [2.05, 4.69) is 5.32 Å². The molecule has 0 unspecified atom stereocenters. The van der Waals surface area contributed by atoms with Gasteiger partial charge in [-0.2, -0.15) is 0 Å². The van der Waals surface area contributed by atoms with E-state index in [4.69, 9.17) is 4.74 Å². The summed E-state index contributed by atoms with van der Waals surface area (Å²) in [5.74, 6) is -1.26. The average molecular weight is 329 g/mol. The molecule has 1 amide bonds. The molecule has 0 saturated carbocycles. The highest BCUT2D eigenvalue weighted by Crippen LogP contribution is 2.11. The molecule has 24 heavy (non-hydrogen) atoms. The minimum absolute atomic E-state index is 0.000966. The van der Waals surface area contributed by atoms with E-state index in [1.807, 2.05) is 31.2 Å². The Hall–Kier alpha value is -2.69. The van der Waals surface area contributed by atoms with E-state index in [0.717, 1.165) is 11.1 Å². The van der Waals surface area contributed by atoms with Crippen LogP contribution < -0.4 is 5.32 Å². The number of esters is 1. The fraction of sp³-hybridized carbons (Fsp3) is 0.263. The number of methoxy groups -OCH3 is 1. The van der Waals surface area contributed by atoms with Crippen LogP contribution in [0, 0.1) is 12.7 Å². The van der Waals surface area contributed by atoms with Gasteiger partial charge in [-0.15, -0.1) is 0 Å². The summed E-state index contributed by atoms with van der Waals surface area (Å²) < 4.78 is 18.0. The van der Waals surface area contributed by atoms with E-state index in [-0.39, 0.29) is 12.3 Å². The Morgan fingerprint density at radius 2 is 1.92 bits per heavy atom. The van der Waals surface area contributed by atoms with Crippen molar-refractivity contribution in [3.05, 3.63) is 71.0 Å². The summed E-state index contributed by atoms with van der Waals surface area (Å²) in [7, 11) is 1.28. The molecule has 2 rings (SSSR count). The molecular weight excluding hydrogens is 309 g/mol. The van der Waals surface area contributed by atoms with Crippen LogP contribution in [0.1, 0.15) is 16.7 Å². The van der Waals surface area contributed by atoms with Gasteiger partial charge in [-0.05, 0) is 35.7 Å². The van der Waals surface area contributed by atoms with Gasteiger partial charge in [0.05, 0.1) is 13.5 Å². The molecule has 5 heteroatoms. The fourth-order valence-electron chi connectivity index (χ4n) is 2.47. The van der Waals surface area contributed by atoms with Gasteiger partial charge < -0.3 is 10.1 Å². The summed E-state index contributed by atoms with van der Waals surface area (Å²) >= 11 is 0. The van der Waals surface area contributed by atoms with Crippen molar-refractivity contribution >= 4 is 11.9 Å². The van der Waals surface area contributed by atoms with Gasteiger partial charge in [0.1, 0.15) is 11.9 Å². The van der Waals surface area contributed by atoms with Gasteiger partial charge >= 0.3 is 5.97 Å². The van der Waals surface area contributed by atoms with E-state index in [0.29, 0.717) is 12.0 Å². The molecule has 2 aromatic rings. The molecule has 0 spiro atoms. The minimum atomic E-state index is -0.780. The fourth-order valence-corrected chi connectivity index (χ4v) is 2.47. The number of carbonyl (C=O) groups excluding carboxylic acids is 2. The predicted octanol–water partition coefficient (Wildman–Crippen LogP) is 2.58. The molecule has 0 radical (unpaired) electrons. The zero-order valence-corrected chi connectivity index (χ0v) is 13.7. The van der Waals surface area contributed by atoms with Gasteiger partial charge in [-0.25, -0.2) is 9.18 Å². The van der Waals surface area contributed by atoms with E-state index >= 15 is 0 Å². The first kappa shape index (κ1) is 17.7. The molecular formula is C19H20FNO3. The molecule has 0 aliphatic rings. The zero-order valence-electron chi connectivity index (χ0n) is 13.7. The maximum atomic E-state index is 13.2. The smallest absolute Gasteiger partial charge is 0.328 e. The molecule has 0 bridgehead atoms. The van der Waals surface area contributed by atoms with Crippen LogP contribution >= 0.6 is 0 Å². The van der Waals surface area contributed by atoms with E-state index in [9.17, 15) is 14.0 Å². The summed E-state index contributed by atoms with van der Waals surface area (Å²) in [5, 5.41) is 2.68. The molecule has 1 atom stereocenters. The second-order valence-electron chi connectivity index (χ2n) is 5.58. The van der Waals surface area contributed by atoms with Gasteiger partial charge in [-0.1, -0.05) is 36.4 Å². The summed E-state index contributed by atoms with van der Waals surface area (Å²) in [6.45, 7) is 1.94. The number of hydrogen-bond donors (Lipinski definition) is 1. The number of nitrogens with one attached hydrogen (secondary N) is 1. The highest BCUT2D eigenvalue weighted by atomic mass is 19.1. The highest BCUT2D eigenvalue weighted by molar-refractivity contribution is 5.85. The summed E-state index contributed by atoms with van der Waals surface area (Å²) in [5.41, 5.74) is 2.54. The molecule has 4 nitrogen and oxygen atoms in total. The lowest BCUT2D eigenvalue weighted by molar-refractivity contribution is -0.145. The molecule has 1 N–H and O–H groups in total. The van der Waals surface area contributed by atoms with Crippen LogP contribution in [0.15, 0.2) is 48.5 Å². The lowest BCUT2D eigenvalue weighted by Crippen LogP contribution is -2.43. The Kier molecular flexibility index (Phi) is 6.07. The number of carbonyl (C=O) groups is 2. The Balaban J connectivity index is 2.07. The Labute approximate surface area is 140 Å². The van der Waals surface area contributed by atoms with Gasteiger partial charge in [0.15, 0.2) is 0 Å². The Morgan fingerprint density at radius 1 is 1.17 bits per heavy atom. The van der Waals surface area contributed by atoms with Gasteiger partial charge in [0.25, 0.3) is 0 Å². The number of ether oxygens (including phenoxy) is 1. The summed E-state index contributed by atoms with van der Waals surface area (Å²) in [6.07, 6.45) is 0.341. The van der Waals surface area contributed by atoms with Crippen LogP contribution in [0.4, 0.5) is 4.39 Å². The van der Waals surface area contributed by atoms with Crippen molar-refractivity contribution in [3.63, 3.8) is 0 Å². The third kappa shape index (κ3) is 4.91. The third-order valence-corrected chi connectivity index (χ3v) is 3.76. The maximum Gasteiger partial charge on any atom is 0.328 e. The van der Waals surface area contributed by atoms with E-state index in [1.165, 1.54) is 19.2 Å². The van der Waals surface area contributed by atoms with Crippen molar-refractivity contribution in [1.82, 2.24) is 5.32 Å². The van der Waals surface area contributed by atoms with Crippen molar-refractivity contribution in [2.45, 2.75) is 25.8 Å². The van der Waals surface area contributed by atoms with Crippen LogP contribution in [0.25, 0.3) is 0 Å². The first-order chi connectivity index (χ1) is 11.5. The van der Waals surface area contributed by atoms with Crippen molar-refractivity contribution in [2.24, 2.45) is 0 Å². The molecule has 0 aliphatic carbocycles. The van der Waals surface area contributed by atoms with Crippen LogP contribution in [0.2, 0.25) is 0 Å². The Morgan fingerprint density at radius 3 is 2.58 bits per heavy atom. The van der Waals surface area contributed by atoms with Gasteiger partial charge in [0, 0.05) is 6.42 Å². The molecule has 0 aliphatic heterocycles. The molecule has 0 heterocycles. The molecule has 0 fully saturated rings. The van der Waals surface area contributed by atoms with Crippen LogP contribution in [0.5, 0.6) is 0 Å². The topological polar surface area (TPSA) is 55.4 Å². The first-order valence-corrected chi connectivity index (χ1v) is 7.65. The second kappa shape index (κ2) is 8.24. The van der Waals surface area contributed by atoms with Crippen molar-refractivity contribution < 1.29 is 18.7 Å². The maximum absolute atomic E-state index is 13.2.